The molecule has 1 rings (SSSR count). The maximum absolute atomic E-state index is 7.75. The van der Waals surface area contributed by atoms with Gasteiger partial charge in [-0.25, -0.2) is 0 Å². The van der Waals surface area contributed by atoms with Gasteiger partial charge in [-0.3, -0.25) is 27.2 Å². The molecule has 0 aromatic heterocycles. The predicted molar refractivity (Wildman–Crippen MR) is 86.2 cm³/mol. The molecule has 1 saturated heterocycles. The number of halogens is 1. The molecule has 0 amide bonds. The van der Waals surface area contributed by atoms with Crippen LogP contribution in [0.25, 0.3) is 0 Å². The zero-order chi connectivity index (χ0) is 15.7. The van der Waals surface area contributed by atoms with E-state index in [1.807, 2.05) is 50.4 Å². The molecule has 1 fully saturated rings. The summed E-state index contributed by atoms with van der Waals surface area (Å²) in [5, 5.41) is 0. The number of nitrogens with zero attached hydrogens (tertiary/aromatic N) is 3. The third-order valence-corrected chi connectivity index (χ3v) is 2.02. The summed E-state index contributed by atoms with van der Waals surface area (Å²) in [5.41, 5.74) is 0. The van der Waals surface area contributed by atoms with Gasteiger partial charge in [0.05, 0.1) is 0 Å². The molecule has 0 N–H and O–H groups in total. The van der Waals surface area contributed by atoms with Gasteiger partial charge in [-0.2, -0.15) is 11.5 Å². The minimum absolute atomic E-state index is 0. The first-order valence-corrected chi connectivity index (χ1v) is 4.49. The fourth-order valence-corrected chi connectivity index (χ4v) is 1.10. The van der Waals surface area contributed by atoms with Gasteiger partial charge in [-0.05, 0) is 21.1 Å². The van der Waals surface area contributed by atoms with Crippen LogP contribution >= 0.6 is 11.5 Å². The Morgan fingerprint density at radius 1 is 0.727 bits per heavy atom. The molecule has 126 valence electrons. The molecule has 1 heterocycles. The Kier molecular flexibility index (Phi) is 96.5. The second-order valence-corrected chi connectivity index (χ2v) is 2.93. The molecule has 13 heteroatoms. The zero-order valence-corrected chi connectivity index (χ0v) is 16.1. The fraction of sp³-hybridized carbons (Fsp3) is 0.333. The maximum atomic E-state index is 7.75. The van der Waals surface area contributed by atoms with Crippen LogP contribution in [0, 0.1) is 14.9 Å². The molecule has 0 atom stereocenters. The first-order valence-electron chi connectivity index (χ1n) is 4.05. The van der Waals surface area contributed by atoms with E-state index in [9.17, 15) is 0 Å². The van der Waals surface area contributed by atoms with Crippen molar-refractivity contribution < 1.29 is 53.3 Å². The summed E-state index contributed by atoms with van der Waals surface area (Å²) in [6, 6.07) is 0. The van der Waals surface area contributed by atoms with Crippen LogP contribution in [0.5, 0.6) is 0 Å². The van der Waals surface area contributed by atoms with Crippen LogP contribution < -0.4 is 0 Å². The van der Waals surface area contributed by atoms with Gasteiger partial charge in [0, 0.05) is 0 Å². The summed E-state index contributed by atoms with van der Waals surface area (Å²) in [6.45, 7) is 13.0. The van der Waals surface area contributed by atoms with Gasteiger partial charge in [0.2, 0.25) is 0 Å². The molecule has 0 saturated carbocycles. The molecule has 1 aliphatic heterocycles. The van der Waals surface area contributed by atoms with Crippen molar-refractivity contribution in [1.82, 2.24) is 14.2 Å². The largest absolute Gasteiger partial charge is 3.00 e. The van der Waals surface area contributed by atoms with E-state index in [-0.39, 0.29) is 55.4 Å². The van der Waals surface area contributed by atoms with Gasteiger partial charge >= 0.3 is 40.5 Å². The molecule has 0 aromatic rings. The van der Waals surface area contributed by atoms with Crippen molar-refractivity contribution in [3.05, 3.63) is 14.9 Å². The minimum atomic E-state index is -0.0591. The summed E-state index contributed by atoms with van der Waals surface area (Å²) in [7, 11) is 9.74. The van der Waals surface area contributed by atoms with Gasteiger partial charge in [0.1, 0.15) is 0 Å². The van der Waals surface area contributed by atoms with Crippen molar-refractivity contribution in [3.8, 4) is 0 Å². The molecule has 4 radical (unpaired) electrons. The van der Waals surface area contributed by atoms with Crippen LogP contribution in [-0.4, -0.2) is 84.0 Å². The van der Waals surface area contributed by atoms with Crippen LogP contribution in [0.1, 0.15) is 0 Å². The predicted octanol–water partition coefficient (Wildman–Crippen LogP) is -1.11. The average Bonchev–Trinajstić information content (AvgIpc) is 2.45. The second-order valence-electron chi connectivity index (χ2n) is 2.54. The Labute approximate surface area is 163 Å². The van der Waals surface area contributed by atoms with Gasteiger partial charge in [0.15, 0.2) is 0 Å². The quantitative estimate of drug-likeness (QED) is 0.283. The van der Waals surface area contributed by atoms with Crippen molar-refractivity contribution >= 4 is 60.1 Å². The van der Waals surface area contributed by atoms with Crippen molar-refractivity contribution in [2.45, 2.75) is 0 Å². The third kappa shape index (κ3) is 28.3. The van der Waals surface area contributed by atoms with Gasteiger partial charge < -0.3 is 48.2 Å². The first kappa shape index (κ1) is 49.5. The van der Waals surface area contributed by atoms with Crippen LogP contribution in [0.3, 0.4) is 0 Å². The van der Waals surface area contributed by atoms with Gasteiger partial charge in [0.25, 0.3) is 15.1 Å². The average molecular weight is 413 g/mol. The maximum Gasteiger partial charge on any atom is 3.00 e. The molecule has 0 aliphatic carbocycles. The molecule has 0 bridgehead atoms. The number of hydrogen-bond acceptors (Lipinski definition) is 7. The normalized spacial score (nSPS) is 11.7. The van der Waals surface area contributed by atoms with E-state index in [1.54, 1.807) is 0 Å². The third-order valence-electron chi connectivity index (χ3n) is 1.40. The smallest absolute Gasteiger partial charge is 0.545 e. The van der Waals surface area contributed by atoms with Crippen LogP contribution in [0.4, 0.5) is 0 Å². The number of hydrogen-bond donors (Lipinski definition) is 0. The molecule has 7 nitrogen and oxygen atoms in total. The molecule has 0 aromatic carbocycles. The topological polar surface area (TPSA) is 78.0 Å². The molecule has 1 aliphatic rings. The van der Waals surface area contributed by atoms with Crippen molar-refractivity contribution in [3.63, 3.8) is 0 Å². The summed E-state index contributed by atoms with van der Waals surface area (Å²) >= 11 is 5.95. The SMILES string of the molecule is CN1[B]N(C)B(Cl)N(C)[B]1.[CH-]=O.[CH-]=O.[CH-]=O.[CH-]=O.[CH3-].[CH3-].[Fe+3].[Fe+3]. The molecular weight excluding hydrogens is 394 g/mol. The summed E-state index contributed by atoms with van der Waals surface area (Å²) < 4.78 is 5.82. The van der Waals surface area contributed by atoms with E-state index >= 15 is 0 Å². The van der Waals surface area contributed by atoms with E-state index in [4.69, 9.17) is 30.6 Å². The minimum Gasteiger partial charge on any atom is -0.545 e. The zero-order valence-electron chi connectivity index (χ0n) is 13.1. The first-order chi connectivity index (χ1) is 8.61. The second kappa shape index (κ2) is 42.9. The van der Waals surface area contributed by atoms with Gasteiger partial charge in [-0.15, -0.1) is 0 Å². The summed E-state index contributed by atoms with van der Waals surface area (Å²) in [4.78, 5) is 31.0. The molecule has 0 spiro atoms. The van der Waals surface area contributed by atoms with Gasteiger partial charge in [-0.1, -0.05) is 0 Å². The van der Waals surface area contributed by atoms with E-state index in [1.165, 1.54) is 0 Å². The monoisotopic (exact) mass is 413 g/mol. The summed E-state index contributed by atoms with van der Waals surface area (Å²) in [6.07, 6.45) is -0.0591. The summed E-state index contributed by atoms with van der Waals surface area (Å²) in [5.74, 6) is 0. The number of carbonyl (C=O) groups excluding carboxylic acids is 4. The Balaban J connectivity index is -0.0000000241. The van der Waals surface area contributed by atoms with Crippen molar-refractivity contribution in [1.29, 1.82) is 0 Å². The Morgan fingerprint density at radius 2 is 0.909 bits per heavy atom. The fourth-order valence-electron chi connectivity index (χ4n) is 1.00. The Bertz CT molecular complexity index is 180. The Morgan fingerprint density at radius 3 is 1.09 bits per heavy atom. The van der Waals surface area contributed by atoms with Crippen LogP contribution in [0.2, 0.25) is 0 Å². The standard InChI is InChI=1S/C3H9B3ClN3.4CHO.2CH3.2Fe/c1-8-4-9(2)6(7)10(3)5-8;4*1-2;;;;/h1-3H3;4*1H;2*1H3;;/q;6*-1;2*+3. The molecule has 22 heavy (non-hydrogen) atoms. The van der Waals surface area contributed by atoms with Crippen LogP contribution in [-0.2, 0) is 53.3 Å². The van der Waals surface area contributed by atoms with E-state index in [0.717, 1.165) is 0 Å². The molecule has 0 unspecified atom stereocenters. The molecular formula is C9H19B3ClFe2N3O4. The van der Waals surface area contributed by atoms with Crippen molar-refractivity contribution in [2.24, 2.45) is 0 Å². The van der Waals surface area contributed by atoms with E-state index in [2.05, 4.69) is 27.2 Å². The van der Waals surface area contributed by atoms with Crippen LogP contribution in [0.15, 0.2) is 0 Å². The Hall–Kier alpha value is 0.0838. The van der Waals surface area contributed by atoms with E-state index < -0.39 is 0 Å². The van der Waals surface area contributed by atoms with E-state index in [0.29, 0.717) is 0 Å². The number of rotatable bonds is 0. The van der Waals surface area contributed by atoms with Crippen molar-refractivity contribution in [2.75, 3.05) is 21.1 Å².